The summed E-state index contributed by atoms with van der Waals surface area (Å²) < 4.78 is 38.2. The van der Waals surface area contributed by atoms with Crippen LogP contribution in [0.5, 0.6) is 5.75 Å². The molecule has 0 spiro atoms. The van der Waals surface area contributed by atoms with Crippen molar-refractivity contribution in [2.24, 2.45) is 0 Å². The summed E-state index contributed by atoms with van der Waals surface area (Å²) >= 11 is 0. The van der Waals surface area contributed by atoms with Crippen molar-refractivity contribution in [3.05, 3.63) is 64.5 Å². The van der Waals surface area contributed by atoms with Crippen LogP contribution in [0.15, 0.2) is 34.7 Å². The quantitative estimate of drug-likeness (QED) is 0.674. The zero-order valence-corrected chi connectivity index (χ0v) is 16.4. The number of aromatic nitrogens is 1. The molecule has 30 heavy (non-hydrogen) atoms. The van der Waals surface area contributed by atoms with Crippen LogP contribution in [0.1, 0.15) is 48.3 Å². The molecule has 0 fully saturated rings. The fraction of sp³-hybridized carbons (Fsp3) is 0.304. The number of aryl methyl sites for hydroxylation is 1. The van der Waals surface area contributed by atoms with Gasteiger partial charge in [0.1, 0.15) is 35.7 Å². The van der Waals surface area contributed by atoms with Crippen LogP contribution in [0.2, 0.25) is 0 Å². The molecule has 0 unspecified atom stereocenters. The molecule has 154 valence electrons. The molecule has 0 saturated carbocycles. The zero-order valence-electron chi connectivity index (χ0n) is 16.4. The van der Waals surface area contributed by atoms with E-state index in [1.54, 1.807) is 12.1 Å². The lowest BCUT2D eigenvalue weighted by molar-refractivity contribution is -0.374. The van der Waals surface area contributed by atoms with Gasteiger partial charge in [0.05, 0.1) is 5.56 Å². The Balaban J connectivity index is 1.66. The van der Waals surface area contributed by atoms with Crippen LogP contribution in [0, 0.1) is 23.0 Å². The maximum atomic E-state index is 13.8. The van der Waals surface area contributed by atoms with Gasteiger partial charge in [-0.2, -0.15) is 5.26 Å². The fourth-order valence-electron chi connectivity index (χ4n) is 3.90. The predicted octanol–water partition coefficient (Wildman–Crippen LogP) is 4.73. The average Bonchev–Trinajstić information content (AvgIpc) is 3.16. The van der Waals surface area contributed by atoms with Gasteiger partial charge >= 0.3 is 0 Å². The number of benzene rings is 1. The Hall–Kier alpha value is -3.40. The van der Waals surface area contributed by atoms with Gasteiger partial charge < -0.3 is 9.15 Å². The third kappa shape index (κ3) is 3.99. The monoisotopic (exact) mass is 410 g/mol. The van der Waals surface area contributed by atoms with Crippen LogP contribution in [0.4, 0.5) is 14.6 Å². The lowest BCUT2D eigenvalue weighted by Crippen LogP contribution is -2.23. The Labute approximate surface area is 173 Å². The maximum Gasteiger partial charge on any atom is 0.289 e. The van der Waals surface area contributed by atoms with Crippen molar-refractivity contribution in [1.29, 1.82) is 5.26 Å². The minimum atomic E-state index is -0.777. The Morgan fingerprint density at radius 2 is 1.90 bits per heavy atom. The van der Waals surface area contributed by atoms with E-state index in [1.807, 2.05) is 0 Å². The number of nitrogens with zero attached hydrogens (tertiary/aromatic N) is 1. The van der Waals surface area contributed by atoms with Crippen molar-refractivity contribution in [3.8, 4) is 23.1 Å². The third-order valence-corrected chi connectivity index (χ3v) is 5.36. The Morgan fingerprint density at radius 1 is 1.10 bits per heavy atom. The second kappa shape index (κ2) is 8.54. The molecule has 7 heteroatoms. The van der Waals surface area contributed by atoms with E-state index in [1.165, 1.54) is 12.5 Å². The summed E-state index contributed by atoms with van der Waals surface area (Å²) in [6.45, 7) is -0.0267. The highest BCUT2D eigenvalue weighted by molar-refractivity contribution is 5.74. The Morgan fingerprint density at radius 3 is 2.67 bits per heavy atom. The molecule has 4 rings (SSSR count). The number of hydrogen-bond donors (Lipinski definition) is 1. The minimum absolute atomic E-state index is 0.0267. The molecule has 0 saturated heterocycles. The maximum absolute atomic E-state index is 13.8. The number of furan rings is 1. The van der Waals surface area contributed by atoms with Crippen LogP contribution in [-0.2, 0) is 19.4 Å². The molecule has 1 aliphatic rings. The van der Waals surface area contributed by atoms with Crippen molar-refractivity contribution < 1.29 is 22.9 Å². The van der Waals surface area contributed by atoms with E-state index < -0.39 is 11.6 Å². The normalized spacial score (nSPS) is 13.8. The molecule has 0 aliphatic heterocycles. The van der Waals surface area contributed by atoms with Gasteiger partial charge in [-0.25, -0.2) is 13.8 Å². The summed E-state index contributed by atoms with van der Waals surface area (Å²) in [5, 5.41) is 9.71. The van der Waals surface area contributed by atoms with Crippen LogP contribution < -0.4 is 15.5 Å². The molecule has 3 N–H and O–H groups in total. The van der Waals surface area contributed by atoms with E-state index in [2.05, 4.69) is 11.1 Å². The second-order valence-electron chi connectivity index (χ2n) is 7.40. The number of nitrogens with two attached hydrogens (primary N) is 1. The molecular formula is C23H22F2N3O2+. The summed E-state index contributed by atoms with van der Waals surface area (Å²) in [6.07, 6.45) is 6.12. The van der Waals surface area contributed by atoms with Crippen molar-refractivity contribution >= 4 is 5.82 Å². The molecule has 2 aromatic heterocycles. The first-order valence-corrected chi connectivity index (χ1v) is 10.0. The van der Waals surface area contributed by atoms with Crippen molar-refractivity contribution in [2.75, 3.05) is 5.73 Å². The highest BCUT2D eigenvalue weighted by Gasteiger charge is 2.25. The second-order valence-corrected chi connectivity index (χ2v) is 7.40. The van der Waals surface area contributed by atoms with Crippen molar-refractivity contribution in [1.82, 2.24) is 0 Å². The molecule has 3 aromatic rings. The van der Waals surface area contributed by atoms with Crippen LogP contribution >= 0.6 is 0 Å². The number of H-pyrrole nitrogens is 1. The molecule has 0 amide bonds. The molecular weight excluding hydrogens is 388 g/mol. The topological polar surface area (TPSA) is 86.3 Å². The van der Waals surface area contributed by atoms with Crippen molar-refractivity contribution in [3.63, 3.8) is 0 Å². The minimum Gasteiger partial charge on any atom is -0.483 e. The van der Waals surface area contributed by atoms with Gasteiger partial charge in [-0.1, -0.05) is 12.8 Å². The number of nitrogens with one attached hydrogen (secondary N) is 1. The van der Waals surface area contributed by atoms with Crippen LogP contribution in [-0.4, -0.2) is 0 Å². The van der Waals surface area contributed by atoms with Gasteiger partial charge in [-0.05, 0) is 43.5 Å². The number of nitrogen functional groups attached to an aromatic ring is 1. The summed E-state index contributed by atoms with van der Waals surface area (Å²) in [5.74, 6) is -0.184. The summed E-state index contributed by atoms with van der Waals surface area (Å²) in [6, 6.07) is 8.82. The van der Waals surface area contributed by atoms with E-state index in [0.29, 0.717) is 28.5 Å². The molecule has 0 radical (unpaired) electrons. The van der Waals surface area contributed by atoms with Gasteiger partial charge in [-0.3, -0.25) is 5.73 Å². The summed E-state index contributed by atoms with van der Waals surface area (Å²) in [7, 11) is 0. The van der Waals surface area contributed by atoms with E-state index in [9.17, 15) is 14.0 Å². The number of fused-ring (bicyclic) bond motifs is 1. The highest BCUT2D eigenvalue weighted by atomic mass is 19.1. The number of pyridine rings is 1. The Kier molecular flexibility index (Phi) is 5.66. The van der Waals surface area contributed by atoms with E-state index in [0.717, 1.165) is 55.5 Å². The van der Waals surface area contributed by atoms with Crippen molar-refractivity contribution in [2.45, 2.75) is 45.1 Å². The Bertz CT molecular complexity index is 1120. The SMILES string of the molecule is N#Cc1c(N)[nH+]c2c(c1-c1ccc(COc3ccc(F)cc3F)o1)CCCCCC2. The number of nitriles is 1. The molecule has 2 heterocycles. The predicted molar refractivity (Wildman–Crippen MR) is 106 cm³/mol. The molecule has 5 nitrogen and oxygen atoms in total. The standard InChI is InChI=1S/C23H21F2N3O2/c24-14-7-9-20(18(25)11-14)29-13-15-8-10-21(30-15)22-16-5-3-1-2-4-6-19(16)28-23(27)17(22)12-26/h7-11H,1-6,13H2,(H2,27,28)/p+1. The van der Waals surface area contributed by atoms with E-state index in [4.69, 9.17) is 14.9 Å². The molecule has 0 bridgehead atoms. The number of ether oxygens (including phenoxy) is 1. The average molecular weight is 410 g/mol. The lowest BCUT2D eigenvalue weighted by Gasteiger charge is -2.16. The first-order valence-electron chi connectivity index (χ1n) is 10.0. The van der Waals surface area contributed by atoms with Gasteiger partial charge in [0.15, 0.2) is 17.1 Å². The molecule has 1 aromatic carbocycles. The van der Waals surface area contributed by atoms with Gasteiger partial charge in [-0.15, -0.1) is 0 Å². The summed E-state index contributed by atoms with van der Waals surface area (Å²) in [4.78, 5) is 3.21. The number of halogens is 2. The van der Waals surface area contributed by atoms with Gasteiger partial charge in [0, 0.05) is 18.1 Å². The number of hydrogen-bond acceptors (Lipinski definition) is 4. The van der Waals surface area contributed by atoms with E-state index in [-0.39, 0.29) is 12.4 Å². The van der Waals surface area contributed by atoms with Crippen LogP contribution in [0.3, 0.4) is 0 Å². The number of aromatic amines is 1. The molecule has 0 atom stereocenters. The third-order valence-electron chi connectivity index (χ3n) is 5.36. The number of anilines is 1. The van der Waals surface area contributed by atoms with Gasteiger partial charge in [0.2, 0.25) is 0 Å². The molecule has 1 aliphatic carbocycles. The first kappa shape index (κ1) is 19.9. The fourth-order valence-corrected chi connectivity index (χ4v) is 3.90. The van der Waals surface area contributed by atoms with Crippen LogP contribution in [0.25, 0.3) is 11.3 Å². The summed E-state index contributed by atoms with van der Waals surface area (Å²) in [5.41, 5.74) is 9.32. The largest absolute Gasteiger partial charge is 0.483 e. The lowest BCUT2D eigenvalue weighted by atomic mass is 9.90. The van der Waals surface area contributed by atoms with E-state index >= 15 is 0 Å². The smallest absolute Gasteiger partial charge is 0.289 e. The zero-order chi connectivity index (χ0) is 21.1. The highest BCUT2D eigenvalue weighted by Crippen LogP contribution is 2.34. The van der Waals surface area contributed by atoms with Gasteiger partial charge in [0.25, 0.3) is 5.82 Å². The first-order chi connectivity index (χ1) is 14.6. The number of rotatable bonds is 4.